The van der Waals surface area contributed by atoms with Crippen LogP contribution in [0.2, 0.25) is 0 Å². The molecule has 1 aliphatic carbocycles. The molecule has 2 aromatic carbocycles. The topological polar surface area (TPSA) is 64.2 Å². The molecule has 36 heavy (non-hydrogen) atoms. The molecule has 0 radical (unpaired) electrons. The van der Waals surface area contributed by atoms with Gasteiger partial charge in [0.1, 0.15) is 23.1 Å². The summed E-state index contributed by atoms with van der Waals surface area (Å²) < 4.78 is 25.0. The summed E-state index contributed by atoms with van der Waals surface area (Å²) in [6.07, 6.45) is 3.03. The second-order valence-electron chi connectivity index (χ2n) is 10.4. The van der Waals surface area contributed by atoms with E-state index < -0.39 is 0 Å². The maximum atomic E-state index is 13.2. The third kappa shape index (κ3) is 4.89. The molecule has 1 aliphatic rings. The molecule has 0 fully saturated rings. The predicted molar refractivity (Wildman–Crippen MR) is 143 cm³/mol. The summed E-state index contributed by atoms with van der Waals surface area (Å²) >= 11 is 1.65. The Bertz CT molecular complexity index is 1450. The van der Waals surface area contributed by atoms with Gasteiger partial charge in [-0.2, -0.15) is 0 Å². The molecule has 0 spiro atoms. The molecule has 7 heteroatoms. The van der Waals surface area contributed by atoms with Crippen LogP contribution in [0.25, 0.3) is 21.6 Å². The van der Waals surface area contributed by atoms with Crippen molar-refractivity contribution in [1.82, 2.24) is 9.97 Å². The molecular weight excluding hydrogens is 475 g/mol. The van der Waals surface area contributed by atoms with Crippen molar-refractivity contribution in [2.45, 2.75) is 53.6 Å². The number of rotatable bonds is 6. The second-order valence-corrected chi connectivity index (χ2v) is 11.5. The van der Waals surface area contributed by atoms with Crippen molar-refractivity contribution in [3.05, 3.63) is 74.6 Å². The number of H-pyrrole nitrogens is 1. The summed E-state index contributed by atoms with van der Waals surface area (Å²) in [6.45, 7) is 9.54. The van der Waals surface area contributed by atoms with Crippen molar-refractivity contribution in [2.24, 2.45) is 11.3 Å². The number of aromatic nitrogens is 2. The lowest BCUT2D eigenvalue weighted by atomic mass is 9.72. The highest BCUT2D eigenvalue weighted by atomic mass is 32.1. The number of nitrogens with one attached hydrogen (secondary N) is 1. The van der Waals surface area contributed by atoms with Crippen LogP contribution < -0.4 is 15.0 Å². The summed E-state index contributed by atoms with van der Waals surface area (Å²) in [5.74, 6) is 1.99. The van der Waals surface area contributed by atoms with Gasteiger partial charge in [-0.25, -0.2) is 9.37 Å². The Labute approximate surface area is 214 Å². The van der Waals surface area contributed by atoms with Crippen LogP contribution in [-0.4, -0.2) is 16.6 Å². The van der Waals surface area contributed by atoms with Gasteiger partial charge in [-0.15, -0.1) is 11.3 Å². The quantitative estimate of drug-likeness (QED) is 0.308. The molecule has 0 bridgehead atoms. The number of aromatic amines is 1. The van der Waals surface area contributed by atoms with Gasteiger partial charge in [0.25, 0.3) is 5.56 Å². The van der Waals surface area contributed by atoms with E-state index in [-0.39, 0.29) is 23.4 Å². The summed E-state index contributed by atoms with van der Waals surface area (Å²) in [5.41, 5.74) is 2.95. The van der Waals surface area contributed by atoms with E-state index in [2.05, 4.69) is 25.8 Å². The first-order chi connectivity index (χ1) is 17.2. The van der Waals surface area contributed by atoms with Gasteiger partial charge in [0.15, 0.2) is 11.5 Å². The molecule has 5 rings (SSSR count). The van der Waals surface area contributed by atoms with E-state index in [9.17, 15) is 9.18 Å². The summed E-state index contributed by atoms with van der Waals surface area (Å²) in [7, 11) is 0. The van der Waals surface area contributed by atoms with Crippen molar-refractivity contribution in [1.29, 1.82) is 0 Å². The molecule has 188 valence electrons. The smallest absolute Gasteiger partial charge is 0.260 e. The first kappa shape index (κ1) is 24.5. The van der Waals surface area contributed by atoms with Gasteiger partial charge in [-0.1, -0.05) is 32.9 Å². The summed E-state index contributed by atoms with van der Waals surface area (Å²) in [5, 5.41) is 0.746. The lowest BCUT2D eigenvalue weighted by Crippen LogP contribution is -2.26. The van der Waals surface area contributed by atoms with Crippen LogP contribution in [-0.2, 0) is 19.4 Å². The molecule has 2 heterocycles. The van der Waals surface area contributed by atoms with Crippen molar-refractivity contribution in [3.63, 3.8) is 0 Å². The van der Waals surface area contributed by atoms with Gasteiger partial charge >= 0.3 is 0 Å². The van der Waals surface area contributed by atoms with Crippen molar-refractivity contribution in [3.8, 4) is 22.9 Å². The van der Waals surface area contributed by atoms with Crippen molar-refractivity contribution < 1.29 is 13.9 Å². The van der Waals surface area contributed by atoms with E-state index in [0.717, 1.165) is 40.6 Å². The second kappa shape index (κ2) is 9.69. The minimum atomic E-state index is -0.280. The molecule has 0 amide bonds. The Hall–Kier alpha value is -3.19. The third-order valence-electron chi connectivity index (χ3n) is 6.97. The molecular formula is C29H31FN2O3S. The highest BCUT2D eigenvalue weighted by Gasteiger charge is 2.31. The molecule has 1 atom stereocenters. The van der Waals surface area contributed by atoms with Gasteiger partial charge in [-0.05, 0) is 79.0 Å². The van der Waals surface area contributed by atoms with Gasteiger partial charge in [-0.3, -0.25) is 4.79 Å². The monoisotopic (exact) mass is 506 g/mol. The number of hydrogen-bond acceptors (Lipinski definition) is 5. The van der Waals surface area contributed by atoms with E-state index >= 15 is 0 Å². The molecule has 0 saturated heterocycles. The van der Waals surface area contributed by atoms with Crippen LogP contribution in [0.15, 0.2) is 47.3 Å². The Morgan fingerprint density at radius 3 is 2.61 bits per heavy atom. The van der Waals surface area contributed by atoms with Gasteiger partial charge in [0.05, 0.1) is 12.0 Å². The minimum absolute atomic E-state index is 0.0868. The van der Waals surface area contributed by atoms with E-state index in [1.54, 1.807) is 23.5 Å². The van der Waals surface area contributed by atoms with Crippen LogP contribution in [0.5, 0.6) is 11.5 Å². The molecule has 1 N–H and O–H groups in total. The molecule has 0 aliphatic heterocycles. The minimum Gasteiger partial charge on any atom is -0.490 e. The van der Waals surface area contributed by atoms with Crippen molar-refractivity contribution in [2.75, 3.05) is 6.61 Å². The summed E-state index contributed by atoms with van der Waals surface area (Å²) in [6, 6.07) is 11.7. The van der Waals surface area contributed by atoms with Gasteiger partial charge in [0.2, 0.25) is 0 Å². The van der Waals surface area contributed by atoms with Crippen LogP contribution in [0, 0.1) is 17.2 Å². The molecule has 0 saturated carbocycles. The fraction of sp³-hybridized carbons (Fsp3) is 0.379. The highest BCUT2D eigenvalue weighted by molar-refractivity contribution is 7.18. The lowest BCUT2D eigenvalue weighted by molar-refractivity contribution is 0.218. The zero-order valence-corrected chi connectivity index (χ0v) is 21.9. The number of ether oxygens (including phenoxy) is 2. The Morgan fingerprint density at radius 1 is 1.11 bits per heavy atom. The number of hydrogen-bond donors (Lipinski definition) is 1. The van der Waals surface area contributed by atoms with Crippen LogP contribution >= 0.6 is 11.3 Å². The predicted octanol–water partition coefficient (Wildman–Crippen LogP) is 6.92. The maximum absolute atomic E-state index is 13.2. The zero-order valence-electron chi connectivity index (χ0n) is 21.1. The fourth-order valence-corrected chi connectivity index (χ4v) is 6.14. The number of fused-ring (bicyclic) bond motifs is 3. The molecule has 1 unspecified atom stereocenters. The van der Waals surface area contributed by atoms with E-state index in [0.29, 0.717) is 29.8 Å². The number of aryl methyl sites for hydroxylation is 1. The van der Waals surface area contributed by atoms with Crippen LogP contribution in [0.4, 0.5) is 4.39 Å². The van der Waals surface area contributed by atoms with Crippen LogP contribution in [0.3, 0.4) is 0 Å². The fourth-order valence-electron chi connectivity index (χ4n) is 4.84. The average molecular weight is 507 g/mol. The third-order valence-corrected chi connectivity index (χ3v) is 8.12. The maximum Gasteiger partial charge on any atom is 0.260 e. The largest absolute Gasteiger partial charge is 0.490 e. The van der Waals surface area contributed by atoms with E-state index in [4.69, 9.17) is 14.5 Å². The standard InChI is InChI=1S/C29H31FN2O3S/c1-5-34-23-14-18(8-13-22(23)35-16-17-6-10-20(30)11-7-17)26-31-27(33)25-21-12-9-19(29(2,3)4)15-24(21)36-28(25)32-26/h6-8,10-11,13-14,19H,5,9,12,15-16H2,1-4H3,(H,31,32,33). The Balaban J connectivity index is 1.45. The average Bonchev–Trinajstić information content (AvgIpc) is 3.22. The highest BCUT2D eigenvalue weighted by Crippen LogP contribution is 2.42. The van der Waals surface area contributed by atoms with Gasteiger partial charge in [0, 0.05) is 10.4 Å². The normalized spacial score (nSPS) is 15.6. The SMILES string of the molecule is CCOc1cc(-c2nc3sc4c(c3c(=O)[nH]2)CCC(C(C)(C)C)C4)ccc1OCc1ccc(F)cc1. The van der Waals surface area contributed by atoms with E-state index in [1.807, 2.05) is 25.1 Å². The first-order valence-corrected chi connectivity index (χ1v) is 13.2. The Morgan fingerprint density at radius 2 is 1.89 bits per heavy atom. The van der Waals surface area contributed by atoms with Gasteiger partial charge < -0.3 is 14.5 Å². The number of thiophene rings is 1. The number of benzene rings is 2. The number of halogens is 1. The zero-order chi connectivity index (χ0) is 25.4. The van der Waals surface area contributed by atoms with E-state index in [1.165, 1.54) is 22.6 Å². The molecule has 2 aromatic heterocycles. The molecule has 5 nitrogen and oxygen atoms in total. The Kier molecular flexibility index (Phi) is 6.60. The molecule has 4 aromatic rings. The lowest BCUT2D eigenvalue weighted by Gasteiger charge is -2.33. The summed E-state index contributed by atoms with van der Waals surface area (Å²) in [4.78, 5) is 23.1. The first-order valence-electron chi connectivity index (χ1n) is 12.4. The number of nitrogens with zero attached hydrogens (tertiary/aromatic N) is 1. The van der Waals surface area contributed by atoms with Crippen molar-refractivity contribution >= 4 is 21.6 Å². The van der Waals surface area contributed by atoms with Crippen LogP contribution in [0.1, 0.15) is 50.1 Å².